The second-order valence-corrected chi connectivity index (χ2v) is 10.5. The molecule has 2 aromatic heterocycles. The zero-order valence-electron chi connectivity index (χ0n) is 17.7. The van der Waals surface area contributed by atoms with Gasteiger partial charge in [0.05, 0.1) is 11.1 Å². The Bertz CT molecular complexity index is 1440. The molecular weight excluding hydrogens is 467 g/mol. The molecule has 1 fully saturated rings. The smallest absolute Gasteiger partial charge is 0.321 e. The Kier molecular flexibility index (Phi) is 5.13. The van der Waals surface area contributed by atoms with Gasteiger partial charge in [-0.15, -0.1) is 15.7 Å². The summed E-state index contributed by atoms with van der Waals surface area (Å²) in [5.74, 6) is -0.794. The first-order chi connectivity index (χ1) is 15.7. The van der Waals surface area contributed by atoms with Crippen LogP contribution in [-0.4, -0.2) is 46.2 Å². The number of halogens is 1. The summed E-state index contributed by atoms with van der Waals surface area (Å²) >= 11 is 1.24. The van der Waals surface area contributed by atoms with Crippen molar-refractivity contribution in [3.8, 4) is 10.4 Å². The molecule has 3 heterocycles. The Balaban J connectivity index is 1.44. The maximum atomic E-state index is 14.0. The van der Waals surface area contributed by atoms with Crippen LogP contribution in [0.4, 0.5) is 10.1 Å². The van der Waals surface area contributed by atoms with E-state index in [0.29, 0.717) is 16.3 Å². The second kappa shape index (κ2) is 7.89. The number of nitrogens with one attached hydrogen (secondary N) is 1. The van der Waals surface area contributed by atoms with Gasteiger partial charge in [0.25, 0.3) is 5.91 Å². The highest BCUT2D eigenvalue weighted by Crippen LogP contribution is 2.42. The SMILES string of the molecule is CN1C(C(=O)Nc2ccc(F)c(C3CC3)c2)=CC(c2ncc(-c3cnn(C)c3)s2)=NS1(=O)=O. The molecule has 9 nitrogen and oxygen atoms in total. The van der Waals surface area contributed by atoms with Gasteiger partial charge >= 0.3 is 10.2 Å². The van der Waals surface area contributed by atoms with Gasteiger partial charge in [0.15, 0.2) is 0 Å². The van der Waals surface area contributed by atoms with Crippen molar-refractivity contribution in [3.63, 3.8) is 0 Å². The second-order valence-electron chi connectivity index (χ2n) is 7.85. The molecule has 12 heteroatoms. The van der Waals surface area contributed by atoms with Crippen molar-refractivity contribution in [1.82, 2.24) is 19.1 Å². The van der Waals surface area contributed by atoms with Gasteiger partial charge in [0, 0.05) is 37.7 Å². The van der Waals surface area contributed by atoms with E-state index in [1.165, 1.54) is 36.6 Å². The number of nitrogens with zero attached hydrogens (tertiary/aromatic N) is 5. The first kappa shape index (κ1) is 21.5. The van der Waals surface area contributed by atoms with E-state index in [1.54, 1.807) is 30.2 Å². The zero-order chi connectivity index (χ0) is 23.3. The molecule has 0 saturated heterocycles. The number of carbonyl (C=O) groups excluding carboxylic acids is 1. The molecule has 1 saturated carbocycles. The number of carbonyl (C=O) groups is 1. The minimum absolute atomic E-state index is 0.0659. The first-order valence-corrected chi connectivity index (χ1v) is 12.3. The van der Waals surface area contributed by atoms with E-state index in [2.05, 4.69) is 19.8 Å². The van der Waals surface area contributed by atoms with Gasteiger partial charge in [0.2, 0.25) is 0 Å². The summed E-state index contributed by atoms with van der Waals surface area (Å²) in [5.41, 5.74) is 1.74. The Morgan fingerprint density at radius 2 is 2.03 bits per heavy atom. The van der Waals surface area contributed by atoms with Crippen LogP contribution in [0.2, 0.25) is 0 Å². The van der Waals surface area contributed by atoms with Gasteiger partial charge in [-0.3, -0.25) is 9.48 Å². The van der Waals surface area contributed by atoms with Gasteiger partial charge in [-0.1, -0.05) is 0 Å². The van der Waals surface area contributed by atoms with Gasteiger partial charge < -0.3 is 5.32 Å². The molecule has 0 spiro atoms. The fourth-order valence-electron chi connectivity index (χ4n) is 3.46. The number of likely N-dealkylation sites (N-methyl/N-ethyl adjacent to an activating group) is 1. The summed E-state index contributed by atoms with van der Waals surface area (Å²) in [7, 11) is -1.09. The van der Waals surface area contributed by atoms with Crippen molar-refractivity contribution >= 4 is 38.9 Å². The number of anilines is 1. The molecule has 1 aliphatic carbocycles. The van der Waals surface area contributed by atoms with Crippen LogP contribution in [0.3, 0.4) is 0 Å². The van der Waals surface area contributed by atoms with Crippen molar-refractivity contribution in [2.45, 2.75) is 18.8 Å². The monoisotopic (exact) mass is 486 g/mol. The highest BCUT2D eigenvalue weighted by molar-refractivity contribution is 7.88. The number of amides is 1. The van der Waals surface area contributed by atoms with E-state index < -0.39 is 16.1 Å². The third-order valence-electron chi connectivity index (χ3n) is 5.39. The van der Waals surface area contributed by atoms with Gasteiger partial charge in [0.1, 0.15) is 22.2 Å². The Hall–Kier alpha value is -3.38. The Morgan fingerprint density at radius 1 is 1.24 bits per heavy atom. The molecule has 3 aromatic rings. The summed E-state index contributed by atoms with van der Waals surface area (Å²) < 4.78 is 45.6. The van der Waals surface area contributed by atoms with E-state index in [9.17, 15) is 17.6 Å². The lowest BCUT2D eigenvalue weighted by Crippen LogP contribution is -2.35. The molecule has 0 radical (unpaired) electrons. The van der Waals surface area contributed by atoms with Crippen LogP contribution in [0.5, 0.6) is 0 Å². The van der Waals surface area contributed by atoms with Gasteiger partial charge in [-0.2, -0.15) is 13.5 Å². The van der Waals surface area contributed by atoms with Crippen LogP contribution < -0.4 is 5.32 Å². The number of allylic oxidation sites excluding steroid dienone is 1. The molecule has 2 aliphatic rings. The van der Waals surface area contributed by atoms with E-state index in [0.717, 1.165) is 27.6 Å². The normalized spacial score (nSPS) is 17.5. The number of hydrogen-bond donors (Lipinski definition) is 1. The average molecular weight is 487 g/mol. The van der Waals surface area contributed by atoms with Crippen molar-refractivity contribution in [2.75, 3.05) is 12.4 Å². The van der Waals surface area contributed by atoms with Crippen molar-refractivity contribution in [3.05, 3.63) is 65.0 Å². The molecule has 1 aromatic carbocycles. The number of benzene rings is 1. The molecule has 5 rings (SSSR count). The van der Waals surface area contributed by atoms with Gasteiger partial charge in [-0.25, -0.2) is 13.7 Å². The summed E-state index contributed by atoms with van der Waals surface area (Å²) in [6.45, 7) is 0. The quantitative estimate of drug-likeness (QED) is 0.596. The zero-order valence-corrected chi connectivity index (χ0v) is 19.3. The summed E-state index contributed by atoms with van der Waals surface area (Å²) in [6, 6.07) is 4.35. The topological polar surface area (TPSA) is 110 Å². The molecule has 170 valence electrons. The van der Waals surface area contributed by atoms with Crippen molar-refractivity contribution < 1.29 is 17.6 Å². The highest BCUT2D eigenvalue weighted by atomic mass is 32.2. The van der Waals surface area contributed by atoms with E-state index in [1.807, 2.05) is 6.20 Å². The van der Waals surface area contributed by atoms with Crippen LogP contribution in [0.15, 0.2) is 53.0 Å². The maximum Gasteiger partial charge on any atom is 0.345 e. The van der Waals surface area contributed by atoms with E-state index in [-0.39, 0.29) is 23.1 Å². The predicted molar refractivity (Wildman–Crippen MR) is 123 cm³/mol. The minimum atomic E-state index is -4.13. The van der Waals surface area contributed by atoms with E-state index in [4.69, 9.17) is 0 Å². The molecule has 1 N–H and O–H groups in total. The molecule has 33 heavy (non-hydrogen) atoms. The van der Waals surface area contributed by atoms with Crippen LogP contribution in [0, 0.1) is 5.82 Å². The lowest BCUT2D eigenvalue weighted by molar-refractivity contribution is -0.113. The van der Waals surface area contributed by atoms with Crippen LogP contribution >= 0.6 is 11.3 Å². The van der Waals surface area contributed by atoms with Crippen LogP contribution in [0.1, 0.15) is 29.3 Å². The third kappa shape index (κ3) is 4.18. The first-order valence-electron chi connectivity index (χ1n) is 10.1. The largest absolute Gasteiger partial charge is 0.345 e. The van der Waals surface area contributed by atoms with Crippen molar-refractivity contribution in [2.24, 2.45) is 11.4 Å². The maximum absolute atomic E-state index is 14.0. The van der Waals surface area contributed by atoms with Crippen LogP contribution in [-0.2, 0) is 22.1 Å². The Labute approximate surface area is 193 Å². The third-order valence-corrected chi connectivity index (χ3v) is 7.78. The molecule has 1 aliphatic heterocycles. The Morgan fingerprint density at radius 3 is 2.73 bits per heavy atom. The standard InChI is InChI=1S/C21H19FN6O3S2/c1-27-11-13(9-24-27)19-10-23-21(32-19)17-8-18(28(2)33(30,31)26-17)20(29)25-14-5-6-16(22)15(7-14)12-3-4-12/h5-12H,3-4H2,1-2H3,(H,25,29). The summed E-state index contributed by atoms with van der Waals surface area (Å²) in [4.78, 5) is 18.1. The van der Waals surface area contributed by atoms with Crippen molar-refractivity contribution in [1.29, 1.82) is 0 Å². The average Bonchev–Trinajstić information content (AvgIpc) is 3.32. The highest BCUT2D eigenvalue weighted by Gasteiger charge is 2.32. The number of thiazole rings is 1. The predicted octanol–water partition coefficient (Wildman–Crippen LogP) is 3.06. The number of hydrogen-bond acceptors (Lipinski definition) is 6. The molecular formula is C21H19FN6O3S2. The van der Waals surface area contributed by atoms with Gasteiger partial charge in [-0.05, 0) is 48.6 Å². The van der Waals surface area contributed by atoms with Crippen LogP contribution in [0.25, 0.3) is 10.4 Å². The van der Waals surface area contributed by atoms with E-state index >= 15 is 0 Å². The molecule has 0 bridgehead atoms. The minimum Gasteiger partial charge on any atom is -0.321 e. The lowest BCUT2D eigenvalue weighted by atomic mass is 10.1. The fraction of sp³-hybridized carbons (Fsp3) is 0.238. The lowest BCUT2D eigenvalue weighted by Gasteiger charge is -2.23. The summed E-state index contributed by atoms with van der Waals surface area (Å²) in [5, 5.41) is 7.15. The number of aromatic nitrogens is 3. The number of rotatable bonds is 5. The molecule has 0 atom stereocenters. The fourth-order valence-corrected chi connectivity index (χ4v) is 5.27. The molecule has 0 unspecified atom stereocenters. The molecule has 1 amide bonds. The summed E-state index contributed by atoms with van der Waals surface area (Å²) in [6.07, 6.45) is 8.31. The number of aryl methyl sites for hydroxylation is 1.